The Morgan fingerprint density at radius 3 is 2.72 bits per heavy atom. The number of hydrogen-bond donors (Lipinski definition) is 0. The summed E-state index contributed by atoms with van der Waals surface area (Å²) in [5.74, 6) is 0.679. The van der Waals surface area contributed by atoms with Gasteiger partial charge in [0, 0.05) is 17.7 Å². The minimum Gasteiger partial charge on any atom is -0.300 e. The molecule has 0 amide bonds. The Morgan fingerprint density at radius 2 is 1.97 bits per heavy atom. The first-order chi connectivity index (χ1) is 14.0. The fourth-order valence-corrected chi connectivity index (χ4v) is 4.94. The maximum absolute atomic E-state index is 13.6. The Labute approximate surface area is 168 Å². The maximum Gasteiger partial charge on any atom is 0.267 e. The molecule has 1 saturated carbocycles. The second-order valence-corrected chi connectivity index (χ2v) is 8.41. The molecular formula is C20H17F2N5OS. The highest BCUT2D eigenvalue weighted by Gasteiger charge is 2.23. The van der Waals surface area contributed by atoms with Gasteiger partial charge in [0.15, 0.2) is 5.65 Å². The van der Waals surface area contributed by atoms with Gasteiger partial charge in [-0.15, -0.1) is 11.3 Å². The summed E-state index contributed by atoms with van der Waals surface area (Å²) in [6.45, 7) is 1.74. The number of alkyl halides is 2. The number of ketones is 1. The Hall–Kier alpha value is -2.81. The second-order valence-electron chi connectivity index (χ2n) is 7.34. The monoisotopic (exact) mass is 413 g/mol. The van der Waals surface area contributed by atoms with Gasteiger partial charge >= 0.3 is 0 Å². The first kappa shape index (κ1) is 18.2. The smallest absolute Gasteiger partial charge is 0.267 e. The van der Waals surface area contributed by atoms with Crippen LogP contribution in [0.4, 0.5) is 8.78 Å². The number of rotatable bonds is 3. The minimum atomic E-state index is -2.67. The van der Waals surface area contributed by atoms with Gasteiger partial charge in [0.25, 0.3) is 6.43 Å². The molecule has 4 heterocycles. The van der Waals surface area contributed by atoms with Crippen LogP contribution in [0.25, 0.3) is 27.4 Å². The molecule has 0 aliphatic heterocycles. The van der Waals surface area contributed by atoms with Gasteiger partial charge in [0.05, 0.1) is 23.7 Å². The molecule has 0 atom stereocenters. The van der Waals surface area contributed by atoms with Crippen molar-refractivity contribution in [1.29, 1.82) is 0 Å². The van der Waals surface area contributed by atoms with Crippen LogP contribution in [0.5, 0.6) is 0 Å². The van der Waals surface area contributed by atoms with E-state index in [9.17, 15) is 13.6 Å². The molecule has 29 heavy (non-hydrogen) atoms. The van der Waals surface area contributed by atoms with Gasteiger partial charge < -0.3 is 0 Å². The van der Waals surface area contributed by atoms with Crippen LogP contribution in [0.3, 0.4) is 0 Å². The van der Waals surface area contributed by atoms with E-state index >= 15 is 0 Å². The summed E-state index contributed by atoms with van der Waals surface area (Å²) in [6, 6.07) is 3.36. The first-order valence-corrected chi connectivity index (χ1v) is 10.2. The summed E-state index contributed by atoms with van der Waals surface area (Å²) in [4.78, 5) is 26.7. The van der Waals surface area contributed by atoms with Crippen LogP contribution in [0.1, 0.15) is 54.2 Å². The highest BCUT2D eigenvalue weighted by Crippen LogP contribution is 2.37. The molecule has 1 aliphatic rings. The van der Waals surface area contributed by atoms with Crippen molar-refractivity contribution < 1.29 is 13.6 Å². The Balaban J connectivity index is 1.56. The number of imidazole rings is 1. The van der Waals surface area contributed by atoms with Crippen molar-refractivity contribution in [2.24, 2.45) is 0 Å². The highest BCUT2D eigenvalue weighted by atomic mass is 32.1. The van der Waals surface area contributed by atoms with Crippen molar-refractivity contribution in [2.45, 2.75) is 45.0 Å². The normalized spacial score (nSPS) is 15.8. The molecular weight excluding hydrogens is 396 g/mol. The summed E-state index contributed by atoms with van der Waals surface area (Å²) < 4.78 is 28.5. The van der Waals surface area contributed by atoms with Gasteiger partial charge in [-0.3, -0.25) is 9.78 Å². The van der Waals surface area contributed by atoms with E-state index in [0.717, 1.165) is 23.2 Å². The van der Waals surface area contributed by atoms with E-state index in [1.165, 1.54) is 15.5 Å². The topological polar surface area (TPSA) is 73.0 Å². The molecule has 1 aliphatic carbocycles. The number of carbonyl (C=O) groups excluding carboxylic acids is 1. The number of thiophene rings is 1. The predicted octanol–water partition coefficient (Wildman–Crippen LogP) is 4.87. The Kier molecular flexibility index (Phi) is 4.34. The fraction of sp³-hybridized carbons (Fsp3) is 0.350. The van der Waals surface area contributed by atoms with Crippen molar-refractivity contribution in [3.8, 4) is 11.4 Å². The first-order valence-electron chi connectivity index (χ1n) is 9.41. The Morgan fingerprint density at radius 1 is 1.17 bits per heavy atom. The van der Waals surface area contributed by atoms with Crippen LogP contribution in [-0.2, 0) is 4.79 Å². The lowest BCUT2D eigenvalue weighted by atomic mass is 9.87. The van der Waals surface area contributed by atoms with E-state index in [1.54, 1.807) is 30.7 Å². The van der Waals surface area contributed by atoms with Crippen molar-refractivity contribution >= 4 is 33.1 Å². The molecule has 9 heteroatoms. The number of aromatic nitrogens is 5. The number of fused-ring (bicyclic) bond motifs is 2. The number of carbonyl (C=O) groups is 1. The molecule has 0 saturated heterocycles. The molecule has 4 aromatic heterocycles. The lowest BCUT2D eigenvalue weighted by molar-refractivity contribution is -0.120. The molecule has 0 N–H and O–H groups in total. The molecule has 148 valence electrons. The summed E-state index contributed by atoms with van der Waals surface area (Å²) in [6.07, 6.45) is 3.47. The lowest BCUT2D eigenvalue weighted by Crippen LogP contribution is -2.11. The van der Waals surface area contributed by atoms with Gasteiger partial charge in [-0.1, -0.05) is 0 Å². The van der Waals surface area contributed by atoms with Crippen LogP contribution in [-0.4, -0.2) is 30.3 Å². The molecule has 0 radical (unpaired) electrons. The fourth-order valence-electron chi connectivity index (χ4n) is 3.78. The van der Waals surface area contributed by atoms with Crippen molar-refractivity contribution in [3.63, 3.8) is 0 Å². The van der Waals surface area contributed by atoms with Gasteiger partial charge in [-0.05, 0) is 37.8 Å². The quantitative estimate of drug-likeness (QED) is 0.479. The average molecular weight is 413 g/mol. The lowest BCUT2D eigenvalue weighted by Gasteiger charge is -2.18. The third-order valence-electron chi connectivity index (χ3n) is 5.28. The van der Waals surface area contributed by atoms with Crippen LogP contribution in [0, 0.1) is 6.92 Å². The molecule has 5 rings (SSSR count). The van der Waals surface area contributed by atoms with Crippen molar-refractivity contribution in [1.82, 2.24) is 24.6 Å². The molecule has 6 nitrogen and oxygen atoms in total. The standard InChI is InChI=1S/C20H17F2N5OS/c1-10-9-27-19(24-10)13(18(21)22)6-14(26-27)16-8-23-15-7-17(29-20(15)25-16)11-2-4-12(28)5-3-11/h6-9,11,18H,2-5H2,1H3. The van der Waals surface area contributed by atoms with Crippen molar-refractivity contribution in [2.75, 3.05) is 0 Å². The van der Waals surface area contributed by atoms with Crippen molar-refractivity contribution in [3.05, 3.63) is 40.7 Å². The Bertz CT molecular complexity index is 1240. The molecule has 0 unspecified atom stereocenters. The average Bonchev–Trinajstić information content (AvgIpc) is 3.29. The van der Waals surface area contributed by atoms with Crippen LogP contribution >= 0.6 is 11.3 Å². The third-order valence-corrected chi connectivity index (χ3v) is 6.46. The minimum absolute atomic E-state index is 0.153. The molecule has 0 spiro atoms. The number of halogens is 2. The number of nitrogens with zero attached hydrogens (tertiary/aromatic N) is 5. The summed E-state index contributed by atoms with van der Waals surface area (Å²) in [7, 11) is 0. The molecule has 0 bridgehead atoms. The molecule has 1 fully saturated rings. The van der Waals surface area contributed by atoms with E-state index in [1.807, 2.05) is 6.07 Å². The van der Waals surface area contributed by atoms with Gasteiger partial charge in [-0.25, -0.2) is 23.3 Å². The van der Waals surface area contributed by atoms with Gasteiger partial charge in [-0.2, -0.15) is 5.10 Å². The van der Waals surface area contributed by atoms with E-state index in [4.69, 9.17) is 0 Å². The SMILES string of the molecule is Cc1cn2nc(-c3cnc4cc(C5CCC(=O)CC5)sc4n3)cc(C(F)F)c2n1. The zero-order chi connectivity index (χ0) is 20.1. The van der Waals surface area contributed by atoms with E-state index in [-0.39, 0.29) is 11.2 Å². The van der Waals surface area contributed by atoms with E-state index < -0.39 is 6.43 Å². The second kappa shape index (κ2) is 6.91. The highest BCUT2D eigenvalue weighted by molar-refractivity contribution is 7.18. The summed E-state index contributed by atoms with van der Waals surface area (Å²) in [5.41, 5.74) is 2.15. The van der Waals surface area contributed by atoms with E-state index in [2.05, 4.69) is 20.1 Å². The summed E-state index contributed by atoms with van der Waals surface area (Å²) in [5, 5.41) is 4.41. The third kappa shape index (κ3) is 3.29. The zero-order valence-corrected chi connectivity index (χ0v) is 16.4. The number of Topliss-reactive ketones (excluding diaryl/α,β-unsaturated/α-hetero) is 1. The largest absolute Gasteiger partial charge is 0.300 e. The van der Waals surface area contributed by atoms with E-state index in [0.29, 0.717) is 41.6 Å². The number of aryl methyl sites for hydroxylation is 1. The molecule has 4 aromatic rings. The molecule has 0 aromatic carbocycles. The maximum atomic E-state index is 13.6. The predicted molar refractivity (Wildman–Crippen MR) is 105 cm³/mol. The number of hydrogen-bond acceptors (Lipinski definition) is 6. The zero-order valence-electron chi connectivity index (χ0n) is 15.6. The van der Waals surface area contributed by atoms with Crippen LogP contribution < -0.4 is 0 Å². The van der Waals surface area contributed by atoms with Gasteiger partial charge in [0.1, 0.15) is 27.5 Å². The van der Waals surface area contributed by atoms with Gasteiger partial charge in [0.2, 0.25) is 0 Å². The summed E-state index contributed by atoms with van der Waals surface area (Å²) >= 11 is 1.55. The van der Waals surface area contributed by atoms with Crippen LogP contribution in [0.2, 0.25) is 0 Å². The van der Waals surface area contributed by atoms with Crippen LogP contribution in [0.15, 0.2) is 24.5 Å².